The van der Waals surface area contributed by atoms with Gasteiger partial charge >= 0.3 is 31.1 Å². The zero-order chi connectivity index (χ0) is 60.8. The lowest BCUT2D eigenvalue weighted by atomic mass is 9.82. The third-order valence-electron chi connectivity index (χ3n) is 14.6. The zero-order valence-electron chi connectivity index (χ0n) is 45.2. The smallest absolute Gasteiger partial charge is 0.407 e. The Labute approximate surface area is 469 Å². The number of alkyl halides is 8. The second kappa shape index (κ2) is 25.5. The molecule has 2 aliphatic rings. The number of pyridine rings is 2. The van der Waals surface area contributed by atoms with Crippen LogP contribution in [0, 0.1) is 46.1 Å². The molecule has 4 amide bonds. The standard InChI is InChI=1S/C55H59F10N11O7/c1-52(2,54(60,61)62)45(71-51(82)83-5)47(78)69-41(19-32-12-9-31(10-13-32)11-14-33-15-16-44(67-22-33)74-26-34-18-35(27-74)25-73(24-34)43-8-6-7-17-66-43)42(77)30-75(72-48(79)46(70-50(80)81)53(3,4)55(63,64)65)29-38-39(56)20-36(21-40(38)57)37-23-68-76(28-37)49(58)59/h6-10,12-13,15-17,20-23,28,34-35,41-42,45-46,49,70,77H,18-19,24-27,29-30H2,1-5H3,(H,69,78)(H,71,82)(H,72,79)(H,80,81)/t34?,35?,41-,42-,45+,46+/m0/s1. The van der Waals surface area contributed by atoms with Crippen molar-refractivity contribution >= 4 is 35.6 Å². The first-order valence-electron chi connectivity index (χ1n) is 25.7. The first-order valence-corrected chi connectivity index (χ1v) is 25.7. The van der Waals surface area contributed by atoms with E-state index in [2.05, 4.69) is 46.8 Å². The Balaban J connectivity index is 1.16. The van der Waals surface area contributed by atoms with Gasteiger partial charge in [0.25, 0.3) is 5.91 Å². The number of alkyl carbamates (subject to hydrolysis) is 1. The third-order valence-corrected chi connectivity index (χ3v) is 14.6. The van der Waals surface area contributed by atoms with E-state index in [-0.39, 0.29) is 21.4 Å². The van der Waals surface area contributed by atoms with Gasteiger partial charge in [-0.25, -0.2) is 38.0 Å². The number of aliphatic hydroxyl groups is 1. The van der Waals surface area contributed by atoms with Gasteiger partial charge in [0, 0.05) is 80.1 Å². The average molecular weight is 1180 g/mol. The number of carboxylic acid groups (broad SMARTS) is 1. The van der Waals surface area contributed by atoms with E-state index >= 15 is 8.78 Å². The van der Waals surface area contributed by atoms with E-state index in [4.69, 9.17) is 0 Å². The minimum atomic E-state index is -5.29. The number of hydrogen-bond donors (Lipinski definition) is 6. The molecule has 446 valence electrons. The fourth-order valence-corrected chi connectivity index (χ4v) is 9.72. The van der Waals surface area contributed by atoms with E-state index in [1.54, 1.807) is 12.4 Å². The summed E-state index contributed by atoms with van der Waals surface area (Å²) >= 11 is 0. The highest BCUT2D eigenvalue weighted by Gasteiger charge is 2.57. The van der Waals surface area contributed by atoms with Crippen molar-refractivity contribution in [3.8, 4) is 23.0 Å². The van der Waals surface area contributed by atoms with Crippen LogP contribution in [0.5, 0.6) is 0 Å². The number of carbonyl (C=O) groups is 4. The molecule has 5 aromatic rings. The number of methoxy groups -OCH3 is 1. The van der Waals surface area contributed by atoms with E-state index in [9.17, 15) is 64.5 Å². The highest BCUT2D eigenvalue weighted by atomic mass is 19.4. The molecule has 2 bridgehead atoms. The van der Waals surface area contributed by atoms with Gasteiger partial charge in [-0.3, -0.25) is 15.0 Å². The maximum absolute atomic E-state index is 16.0. The second-order valence-corrected chi connectivity index (χ2v) is 21.4. The summed E-state index contributed by atoms with van der Waals surface area (Å²) < 4.78 is 150. The van der Waals surface area contributed by atoms with Crippen molar-refractivity contribution in [2.24, 2.45) is 22.7 Å². The third kappa shape index (κ3) is 15.3. The lowest BCUT2D eigenvalue weighted by Gasteiger charge is -2.46. The van der Waals surface area contributed by atoms with Crippen molar-refractivity contribution in [3.63, 3.8) is 0 Å². The number of benzene rings is 2. The van der Waals surface area contributed by atoms with E-state index in [0.717, 1.165) is 63.7 Å². The molecule has 0 spiro atoms. The van der Waals surface area contributed by atoms with Gasteiger partial charge in [-0.2, -0.15) is 40.2 Å². The number of fused-ring (bicyclic) bond motifs is 2. The molecule has 2 fully saturated rings. The van der Waals surface area contributed by atoms with Crippen molar-refractivity contribution in [3.05, 3.63) is 125 Å². The van der Waals surface area contributed by atoms with Gasteiger partial charge in [-0.1, -0.05) is 30.0 Å². The normalized spacial score (nSPS) is 17.2. The second-order valence-electron chi connectivity index (χ2n) is 21.4. The summed E-state index contributed by atoms with van der Waals surface area (Å²) in [5, 5.41) is 31.0. The molecular formula is C55H59F10N11O7. The van der Waals surface area contributed by atoms with Crippen LogP contribution in [-0.4, -0.2) is 135 Å². The average Bonchev–Trinajstić information content (AvgIpc) is 3.33. The van der Waals surface area contributed by atoms with Crippen LogP contribution in [0.2, 0.25) is 0 Å². The van der Waals surface area contributed by atoms with Crippen LogP contribution in [0.3, 0.4) is 0 Å². The first-order chi connectivity index (χ1) is 38.9. The monoisotopic (exact) mass is 1180 g/mol. The number of hydrazine groups is 1. The maximum Gasteiger partial charge on any atom is 0.407 e. The molecule has 18 nitrogen and oxygen atoms in total. The fourth-order valence-electron chi connectivity index (χ4n) is 9.72. The molecule has 6 N–H and O–H groups in total. The van der Waals surface area contributed by atoms with Crippen LogP contribution in [-0.2, 0) is 27.3 Å². The van der Waals surface area contributed by atoms with Crippen molar-refractivity contribution < 1.29 is 78.0 Å². The number of hydrogen-bond acceptors (Lipinski definition) is 12. The van der Waals surface area contributed by atoms with Crippen molar-refractivity contribution in [2.75, 3.05) is 49.6 Å². The van der Waals surface area contributed by atoms with Crippen LogP contribution >= 0.6 is 0 Å². The minimum Gasteiger partial charge on any atom is -0.465 e. The number of carbonyl (C=O) groups excluding carboxylic acids is 3. The Kier molecular flexibility index (Phi) is 19.2. The van der Waals surface area contributed by atoms with Gasteiger partial charge in [0.1, 0.15) is 35.4 Å². The Bertz CT molecular complexity index is 3120. The molecule has 2 aromatic carbocycles. The lowest BCUT2D eigenvalue weighted by molar-refractivity contribution is -0.221. The number of anilines is 2. The number of nitrogens with zero attached hydrogens (tertiary/aromatic N) is 7. The van der Waals surface area contributed by atoms with Crippen LogP contribution < -0.4 is 31.2 Å². The van der Waals surface area contributed by atoms with Crippen molar-refractivity contribution in [1.82, 2.24) is 46.1 Å². The molecular weight excluding hydrogens is 1120 g/mol. The maximum atomic E-state index is 16.0. The van der Waals surface area contributed by atoms with Crippen LogP contribution in [0.1, 0.15) is 62.9 Å². The van der Waals surface area contributed by atoms with Gasteiger partial charge in [-0.15, -0.1) is 0 Å². The van der Waals surface area contributed by atoms with Crippen molar-refractivity contribution in [1.29, 1.82) is 0 Å². The van der Waals surface area contributed by atoms with E-state index in [0.29, 0.717) is 67.8 Å². The first kappa shape index (κ1) is 62.4. The molecule has 0 radical (unpaired) electrons. The quantitative estimate of drug-likeness (QED) is 0.0264. The molecule has 0 aliphatic carbocycles. The number of aliphatic hydroxyl groups excluding tert-OH is 1. The van der Waals surface area contributed by atoms with Crippen LogP contribution in [0.15, 0.2) is 91.5 Å². The Morgan fingerprint density at radius 3 is 1.82 bits per heavy atom. The van der Waals surface area contributed by atoms with Gasteiger partial charge in [0.15, 0.2) is 0 Å². The summed E-state index contributed by atoms with van der Waals surface area (Å²) in [4.78, 5) is 65.9. The minimum absolute atomic E-state index is 0.187. The number of rotatable bonds is 19. The summed E-state index contributed by atoms with van der Waals surface area (Å²) in [7, 11) is 0.811. The Morgan fingerprint density at radius 1 is 0.747 bits per heavy atom. The van der Waals surface area contributed by atoms with Gasteiger partial charge in [0.2, 0.25) is 5.91 Å². The predicted molar refractivity (Wildman–Crippen MR) is 280 cm³/mol. The Hall–Kier alpha value is -8.19. The van der Waals surface area contributed by atoms with E-state index in [1.807, 2.05) is 41.1 Å². The van der Waals surface area contributed by atoms with Gasteiger partial charge < -0.3 is 40.7 Å². The molecule has 2 saturated heterocycles. The topological polar surface area (TPSA) is 219 Å². The molecule has 2 aliphatic heterocycles. The van der Waals surface area contributed by atoms with E-state index < -0.39 is 115 Å². The molecule has 7 rings (SSSR count). The Morgan fingerprint density at radius 2 is 1.31 bits per heavy atom. The van der Waals surface area contributed by atoms with E-state index in [1.165, 1.54) is 29.6 Å². The van der Waals surface area contributed by atoms with Crippen LogP contribution in [0.25, 0.3) is 11.1 Å². The molecule has 0 saturated carbocycles. The number of aromatic nitrogens is 4. The number of halogens is 10. The number of piperidine rings is 2. The van der Waals surface area contributed by atoms with Gasteiger partial charge in [-0.05, 0) is 112 Å². The summed E-state index contributed by atoms with van der Waals surface area (Å²) in [6.07, 6.45) is -10.6. The highest BCUT2D eigenvalue weighted by Crippen LogP contribution is 2.42. The molecule has 83 heavy (non-hydrogen) atoms. The van der Waals surface area contributed by atoms with Gasteiger partial charge in [0.05, 0.1) is 36.3 Å². The molecule has 28 heteroatoms. The fraction of sp³-hybridized carbons (Fsp3) is 0.436. The molecule has 2 unspecified atom stereocenters. The summed E-state index contributed by atoms with van der Waals surface area (Å²) in [5.41, 5.74) is -4.50. The predicted octanol–water partition coefficient (Wildman–Crippen LogP) is 7.84. The number of ether oxygens (including phenoxy) is 1. The van der Waals surface area contributed by atoms with Crippen molar-refractivity contribution in [2.45, 2.75) is 90.2 Å². The number of amides is 4. The largest absolute Gasteiger partial charge is 0.465 e. The molecule has 3 aromatic heterocycles. The zero-order valence-corrected chi connectivity index (χ0v) is 45.2. The summed E-state index contributed by atoms with van der Waals surface area (Å²) in [6.45, 7) is 0.00102. The van der Waals surface area contributed by atoms with Crippen LogP contribution in [0.4, 0.5) is 65.1 Å². The molecule has 5 heterocycles. The summed E-state index contributed by atoms with van der Waals surface area (Å²) in [5.74, 6) is 2.40. The molecule has 6 atom stereocenters. The number of nitrogens with one attached hydrogen (secondary N) is 4. The lowest BCUT2D eigenvalue weighted by Crippen LogP contribution is -2.63. The highest BCUT2D eigenvalue weighted by molar-refractivity contribution is 5.87. The summed E-state index contributed by atoms with van der Waals surface area (Å²) in [6, 6.07) is 9.94. The SMILES string of the molecule is COC(=O)N[C@H](C(=O)N[C@@H](Cc1ccc(C#Cc2ccc(N3CC4CC(CN(c5ccccn5)C4)C3)nc2)cc1)[C@@H](O)CN(Cc1c(F)cc(-c2cnn(C(F)F)c2)cc1F)NC(=O)[C@@H](NC(=O)O)C(C)(C)C(F)(F)F)C(C)(C)C(F)(F)F.